The van der Waals surface area contributed by atoms with Gasteiger partial charge in [-0.15, -0.1) is 0 Å². The van der Waals surface area contributed by atoms with Crippen LogP contribution in [0.25, 0.3) is 11.4 Å². The molecule has 0 radical (unpaired) electrons. The second-order valence-electron chi connectivity index (χ2n) is 7.09. The second kappa shape index (κ2) is 8.81. The number of amides is 2. The molecular formula is C18H25N5O3S. The Morgan fingerprint density at radius 1 is 1.26 bits per heavy atom. The summed E-state index contributed by atoms with van der Waals surface area (Å²) in [6, 6.07) is 7.80. The third-order valence-electron chi connectivity index (χ3n) is 3.45. The van der Waals surface area contributed by atoms with Gasteiger partial charge >= 0.3 is 6.09 Å². The molecule has 0 bridgehead atoms. The van der Waals surface area contributed by atoms with E-state index in [9.17, 15) is 9.59 Å². The third-order valence-corrected chi connectivity index (χ3v) is 3.76. The normalized spacial score (nSPS) is 11.1. The van der Waals surface area contributed by atoms with Gasteiger partial charge in [-0.05, 0) is 46.0 Å². The molecule has 9 heteroatoms. The molecule has 0 saturated carbocycles. The summed E-state index contributed by atoms with van der Waals surface area (Å²) in [6.07, 6.45) is -0.518. The zero-order valence-electron chi connectivity index (χ0n) is 16.0. The molecule has 0 aliphatic heterocycles. The molecule has 0 fully saturated rings. The molecule has 0 atom stereocenters. The first-order valence-electron chi connectivity index (χ1n) is 8.61. The number of aromatic amines is 1. The molecule has 3 N–H and O–H groups in total. The molecule has 0 unspecified atom stereocenters. The van der Waals surface area contributed by atoms with E-state index in [2.05, 4.69) is 20.8 Å². The number of nitrogens with one attached hydrogen (secondary N) is 3. The summed E-state index contributed by atoms with van der Waals surface area (Å²) in [5, 5.41) is 12.3. The molecule has 1 aromatic heterocycles. The molecule has 1 aromatic carbocycles. The van der Waals surface area contributed by atoms with E-state index in [1.165, 1.54) is 0 Å². The summed E-state index contributed by atoms with van der Waals surface area (Å²) in [4.78, 5) is 23.8. The number of carbonyl (C=O) groups is 2. The minimum Gasteiger partial charge on any atom is -0.444 e. The SMILES string of the molecule is Cc1cccc(-c2n[nH]c(=S)n2CC(=O)NCCNC(=O)OC(C)(C)C)c1. The standard InChI is InChI=1S/C18H25N5O3S/c1-12-6-5-7-13(10-12)15-21-22-16(27)23(15)11-14(24)19-8-9-20-17(25)26-18(2,3)4/h5-7,10H,8-9,11H2,1-4H3,(H,19,24)(H,20,25)(H,22,27). The van der Waals surface area contributed by atoms with Gasteiger partial charge in [0.1, 0.15) is 12.1 Å². The van der Waals surface area contributed by atoms with E-state index in [-0.39, 0.29) is 25.5 Å². The maximum absolute atomic E-state index is 12.2. The number of aromatic nitrogens is 3. The predicted molar refractivity (Wildman–Crippen MR) is 105 cm³/mol. The minimum absolute atomic E-state index is 0.0328. The number of hydrogen-bond donors (Lipinski definition) is 3. The molecule has 146 valence electrons. The van der Waals surface area contributed by atoms with Crippen LogP contribution in [0.15, 0.2) is 24.3 Å². The fraction of sp³-hybridized carbons (Fsp3) is 0.444. The van der Waals surface area contributed by atoms with Gasteiger partial charge in [0, 0.05) is 18.7 Å². The average molecular weight is 391 g/mol. The highest BCUT2D eigenvalue weighted by Gasteiger charge is 2.16. The van der Waals surface area contributed by atoms with Crippen LogP contribution in [-0.4, -0.2) is 45.5 Å². The quantitative estimate of drug-likeness (QED) is 0.519. The van der Waals surface area contributed by atoms with Crippen molar-refractivity contribution in [1.82, 2.24) is 25.4 Å². The summed E-state index contributed by atoms with van der Waals surface area (Å²) in [5.74, 6) is 0.373. The summed E-state index contributed by atoms with van der Waals surface area (Å²) in [5.41, 5.74) is 1.41. The van der Waals surface area contributed by atoms with E-state index >= 15 is 0 Å². The first-order valence-corrected chi connectivity index (χ1v) is 9.02. The van der Waals surface area contributed by atoms with Crippen molar-refractivity contribution < 1.29 is 14.3 Å². The van der Waals surface area contributed by atoms with Crippen LogP contribution in [0.5, 0.6) is 0 Å². The molecule has 27 heavy (non-hydrogen) atoms. The number of nitrogens with zero attached hydrogens (tertiary/aromatic N) is 2. The van der Waals surface area contributed by atoms with Gasteiger partial charge in [0.05, 0.1) is 0 Å². The van der Waals surface area contributed by atoms with E-state index < -0.39 is 11.7 Å². The molecular weight excluding hydrogens is 366 g/mol. The monoisotopic (exact) mass is 391 g/mol. The molecule has 2 aromatic rings. The number of H-pyrrole nitrogens is 1. The van der Waals surface area contributed by atoms with E-state index in [1.54, 1.807) is 25.3 Å². The van der Waals surface area contributed by atoms with Crippen LogP contribution in [0.4, 0.5) is 4.79 Å². The predicted octanol–water partition coefficient (Wildman–Crippen LogP) is 2.56. The lowest BCUT2D eigenvalue weighted by Crippen LogP contribution is -2.38. The Kier molecular flexibility index (Phi) is 6.73. The fourth-order valence-corrected chi connectivity index (χ4v) is 2.55. The summed E-state index contributed by atoms with van der Waals surface area (Å²) >= 11 is 5.24. The fourth-order valence-electron chi connectivity index (χ4n) is 2.35. The number of aryl methyl sites for hydroxylation is 1. The van der Waals surface area contributed by atoms with Crippen LogP contribution in [0.2, 0.25) is 0 Å². The Balaban J connectivity index is 1.89. The Morgan fingerprint density at radius 2 is 1.96 bits per heavy atom. The highest BCUT2D eigenvalue weighted by atomic mass is 32.1. The second-order valence-corrected chi connectivity index (χ2v) is 7.47. The topological polar surface area (TPSA) is 101 Å². The van der Waals surface area contributed by atoms with Crippen LogP contribution in [-0.2, 0) is 16.1 Å². The van der Waals surface area contributed by atoms with E-state index in [0.29, 0.717) is 10.6 Å². The van der Waals surface area contributed by atoms with Crippen LogP contribution in [0.3, 0.4) is 0 Å². The largest absolute Gasteiger partial charge is 0.444 e. The average Bonchev–Trinajstić information content (AvgIpc) is 2.91. The minimum atomic E-state index is -0.558. The van der Waals surface area contributed by atoms with Gasteiger partial charge < -0.3 is 15.4 Å². The molecule has 2 amide bonds. The Morgan fingerprint density at radius 3 is 2.63 bits per heavy atom. The number of ether oxygens (including phenoxy) is 1. The lowest BCUT2D eigenvalue weighted by atomic mass is 10.1. The maximum Gasteiger partial charge on any atom is 0.407 e. The van der Waals surface area contributed by atoms with E-state index in [0.717, 1.165) is 11.1 Å². The van der Waals surface area contributed by atoms with E-state index in [1.807, 2.05) is 31.2 Å². The summed E-state index contributed by atoms with van der Waals surface area (Å²) in [7, 11) is 0. The van der Waals surface area contributed by atoms with Gasteiger partial charge in [0.15, 0.2) is 10.6 Å². The zero-order valence-corrected chi connectivity index (χ0v) is 16.8. The highest BCUT2D eigenvalue weighted by Crippen LogP contribution is 2.18. The van der Waals surface area contributed by atoms with Gasteiger partial charge in [-0.3, -0.25) is 14.5 Å². The number of alkyl carbamates (subject to hydrolysis) is 1. The van der Waals surface area contributed by atoms with Crippen LogP contribution < -0.4 is 10.6 Å². The lowest BCUT2D eigenvalue weighted by molar-refractivity contribution is -0.121. The van der Waals surface area contributed by atoms with Crippen LogP contribution in [0.1, 0.15) is 26.3 Å². The van der Waals surface area contributed by atoms with Crippen LogP contribution >= 0.6 is 12.2 Å². The molecule has 0 spiro atoms. The van der Waals surface area contributed by atoms with Crippen molar-refractivity contribution in [1.29, 1.82) is 0 Å². The molecule has 2 rings (SSSR count). The van der Waals surface area contributed by atoms with Crippen LogP contribution in [0, 0.1) is 11.7 Å². The van der Waals surface area contributed by atoms with Crippen molar-refractivity contribution in [2.45, 2.75) is 39.8 Å². The smallest absolute Gasteiger partial charge is 0.407 e. The summed E-state index contributed by atoms with van der Waals surface area (Å²) < 4.78 is 7.14. The summed E-state index contributed by atoms with van der Waals surface area (Å²) in [6.45, 7) is 7.92. The zero-order chi connectivity index (χ0) is 20.0. The number of benzene rings is 1. The van der Waals surface area contributed by atoms with Gasteiger partial charge in [0.2, 0.25) is 5.91 Å². The Bertz CT molecular complexity index is 866. The van der Waals surface area contributed by atoms with Crippen molar-refractivity contribution in [3.63, 3.8) is 0 Å². The first-order chi connectivity index (χ1) is 12.7. The Labute approximate surface area is 163 Å². The lowest BCUT2D eigenvalue weighted by Gasteiger charge is -2.19. The van der Waals surface area contributed by atoms with Crippen molar-refractivity contribution in [2.24, 2.45) is 0 Å². The molecule has 0 aliphatic carbocycles. The maximum atomic E-state index is 12.2. The van der Waals surface area contributed by atoms with Gasteiger partial charge in [-0.25, -0.2) is 4.79 Å². The van der Waals surface area contributed by atoms with Gasteiger partial charge in [0.25, 0.3) is 0 Å². The van der Waals surface area contributed by atoms with Gasteiger partial charge in [-0.1, -0.05) is 23.8 Å². The molecule has 0 saturated heterocycles. The Hall–Kier alpha value is -2.68. The molecule has 1 heterocycles. The number of hydrogen-bond acceptors (Lipinski definition) is 5. The van der Waals surface area contributed by atoms with Crippen molar-refractivity contribution in [3.8, 4) is 11.4 Å². The van der Waals surface area contributed by atoms with E-state index in [4.69, 9.17) is 17.0 Å². The molecule has 8 nitrogen and oxygen atoms in total. The van der Waals surface area contributed by atoms with Crippen molar-refractivity contribution >= 4 is 24.2 Å². The third kappa shape index (κ3) is 6.52. The molecule has 0 aliphatic rings. The number of carbonyl (C=O) groups excluding carboxylic acids is 2. The van der Waals surface area contributed by atoms with Crippen molar-refractivity contribution in [2.75, 3.05) is 13.1 Å². The first kappa shape index (κ1) is 20.6. The highest BCUT2D eigenvalue weighted by molar-refractivity contribution is 7.71. The van der Waals surface area contributed by atoms with Gasteiger partial charge in [-0.2, -0.15) is 5.10 Å². The van der Waals surface area contributed by atoms with Crippen molar-refractivity contribution in [3.05, 3.63) is 34.6 Å². The number of rotatable bonds is 6.